The van der Waals surface area contributed by atoms with Gasteiger partial charge in [-0.05, 0) is 31.2 Å². The Labute approximate surface area is 114 Å². The average molecular weight is 255 g/mol. The molecule has 0 aromatic heterocycles. The first-order valence-electron chi connectivity index (χ1n) is 7.39. The Bertz CT molecular complexity index is 226. The van der Waals surface area contributed by atoms with Crippen LogP contribution in [-0.2, 0) is 0 Å². The van der Waals surface area contributed by atoms with Crippen molar-refractivity contribution in [2.75, 3.05) is 20.6 Å². The molecule has 0 saturated heterocycles. The normalized spacial score (nSPS) is 17.1. The molecule has 0 bridgehead atoms. The van der Waals surface area contributed by atoms with Gasteiger partial charge in [-0.2, -0.15) is 0 Å². The molecule has 0 aliphatic rings. The minimum Gasteiger partial charge on any atom is -0.393 e. The Balaban J connectivity index is 4.60. The highest BCUT2D eigenvalue weighted by Crippen LogP contribution is 2.21. The molecule has 3 heteroatoms. The molecule has 18 heavy (non-hydrogen) atoms. The number of nitrogens with one attached hydrogen (secondary N) is 3. The molecular weight excluding hydrogens is 222 g/mol. The van der Waals surface area contributed by atoms with Gasteiger partial charge < -0.3 is 16.0 Å². The van der Waals surface area contributed by atoms with E-state index >= 15 is 0 Å². The monoisotopic (exact) mass is 255 g/mol. The van der Waals surface area contributed by atoms with Gasteiger partial charge >= 0.3 is 0 Å². The number of hydrogen-bond acceptors (Lipinski definition) is 3. The maximum absolute atomic E-state index is 3.64. The highest BCUT2D eigenvalue weighted by atomic mass is 15.0. The van der Waals surface area contributed by atoms with Gasteiger partial charge in [0.05, 0.1) is 0 Å². The molecule has 0 heterocycles. The second-order valence-electron chi connectivity index (χ2n) is 5.24. The third-order valence-corrected chi connectivity index (χ3v) is 3.83. The van der Waals surface area contributed by atoms with E-state index in [-0.39, 0.29) is 0 Å². The van der Waals surface area contributed by atoms with E-state index in [0.29, 0.717) is 6.04 Å². The lowest BCUT2D eigenvalue weighted by Crippen LogP contribution is -2.38. The van der Waals surface area contributed by atoms with Crippen molar-refractivity contribution in [3.8, 4) is 0 Å². The third-order valence-electron chi connectivity index (χ3n) is 3.83. The van der Waals surface area contributed by atoms with Crippen molar-refractivity contribution in [1.29, 1.82) is 0 Å². The summed E-state index contributed by atoms with van der Waals surface area (Å²) >= 11 is 0. The van der Waals surface area contributed by atoms with Gasteiger partial charge in [-0.3, -0.25) is 0 Å². The molecule has 3 atom stereocenters. The highest BCUT2D eigenvalue weighted by molar-refractivity contribution is 5.07. The number of likely N-dealkylation sites (N-methyl/N-ethyl adjacent to an activating group) is 1. The summed E-state index contributed by atoms with van der Waals surface area (Å²) in [5, 5.41) is 10.1. The fourth-order valence-corrected chi connectivity index (χ4v) is 2.15. The summed E-state index contributed by atoms with van der Waals surface area (Å²) in [5.74, 6) is 1.52. The van der Waals surface area contributed by atoms with E-state index in [0.717, 1.165) is 18.4 Å². The lowest BCUT2D eigenvalue weighted by molar-refractivity contribution is 0.318. The Morgan fingerprint density at radius 2 is 1.78 bits per heavy atom. The Hall–Kier alpha value is -0.700. The van der Waals surface area contributed by atoms with E-state index in [2.05, 4.69) is 49.8 Å². The van der Waals surface area contributed by atoms with Crippen molar-refractivity contribution >= 4 is 0 Å². The van der Waals surface area contributed by atoms with Crippen molar-refractivity contribution < 1.29 is 0 Å². The second kappa shape index (κ2) is 10.2. The van der Waals surface area contributed by atoms with E-state index in [1.807, 2.05) is 14.1 Å². The molecule has 3 unspecified atom stereocenters. The van der Waals surface area contributed by atoms with E-state index in [1.54, 1.807) is 0 Å². The predicted octanol–water partition coefficient (Wildman–Crippen LogP) is 2.71. The van der Waals surface area contributed by atoms with Crippen LogP contribution in [0.3, 0.4) is 0 Å². The summed E-state index contributed by atoms with van der Waals surface area (Å²) in [6.07, 6.45) is 5.68. The lowest BCUT2D eigenvalue weighted by Gasteiger charge is -2.27. The minimum absolute atomic E-state index is 0.423. The third kappa shape index (κ3) is 6.29. The van der Waals surface area contributed by atoms with Crippen LogP contribution in [0.25, 0.3) is 0 Å². The predicted molar refractivity (Wildman–Crippen MR) is 81.5 cm³/mol. The number of rotatable bonds is 10. The molecule has 0 aromatic carbocycles. The molecule has 108 valence electrons. The van der Waals surface area contributed by atoms with Crippen LogP contribution in [-0.4, -0.2) is 26.7 Å². The van der Waals surface area contributed by atoms with Crippen LogP contribution in [0.1, 0.15) is 47.0 Å². The van der Waals surface area contributed by atoms with Crippen molar-refractivity contribution in [2.24, 2.45) is 11.8 Å². The molecule has 0 fully saturated rings. The fourth-order valence-electron chi connectivity index (χ4n) is 2.15. The van der Waals surface area contributed by atoms with Crippen LogP contribution in [0.5, 0.6) is 0 Å². The molecule has 0 aromatic rings. The molecule has 0 spiro atoms. The SMILES string of the molecule is CCCNC(CC(C)C(C)CC)/C(=C\NC)NC. The highest BCUT2D eigenvalue weighted by Gasteiger charge is 2.19. The summed E-state index contributed by atoms with van der Waals surface area (Å²) in [7, 11) is 3.95. The van der Waals surface area contributed by atoms with Crippen molar-refractivity contribution in [2.45, 2.75) is 53.0 Å². The molecule has 0 aliphatic carbocycles. The zero-order valence-corrected chi connectivity index (χ0v) is 13.1. The van der Waals surface area contributed by atoms with Gasteiger partial charge in [0.1, 0.15) is 0 Å². The van der Waals surface area contributed by atoms with Crippen LogP contribution in [0, 0.1) is 11.8 Å². The number of hydrogen-bond donors (Lipinski definition) is 3. The molecular formula is C15H33N3. The van der Waals surface area contributed by atoms with Crippen LogP contribution < -0.4 is 16.0 Å². The van der Waals surface area contributed by atoms with Crippen LogP contribution in [0.2, 0.25) is 0 Å². The van der Waals surface area contributed by atoms with Gasteiger partial charge in [0.2, 0.25) is 0 Å². The van der Waals surface area contributed by atoms with Gasteiger partial charge in [0.15, 0.2) is 0 Å². The molecule has 0 radical (unpaired) electrons. The van der Waals surface area contributed by atoms with Gasteiger partial charge in [-0.15, -0.1) is 0 Å². The van der Waals surface area contributed by atoms with E-state index in [9.17, 15) is 0 Å². The summed E-state index contributed by atoms with van der Waals surface area (Å²) in [6, 6.07) is 0.423. The standard InChI is InChI=1S/C15H33N3/c1-7-9-18-14(15(17-6)11-16-5)10-13(4)12(3)8-2/h11-14,16-18H,7-10H2,1-6H3/b15-11+. The molecule has 0 amide bonds. The molecule has 0 saturated carbocycles. The lowest BCUT2D eigenvalue weighted by atomic mass is 9.87. The van der Waals surface area contributed by atoms with Crippen molar-refractivity contribution in [1.82, 2.24) is 16.0 Å². The maximum Gasteiger partial charge on any atom is 0.0486 e. The van der Waals surface area contributed by atoms with Crippen molar-refractivity contribution in [3.05, 3.63) is 11.9 Å². The van der Waals surface area contributed by atoms with Crippen LogP contribution in [0.4, 0.5) is 0 Å². The van der Waals surface area contributed by atoms with E-state index in [1.165, 1.54) is 25.0 Å². The van der Waals surface area contributed by atoms with E-state index in [4.69, 9.17) is 0 Å². The van der Waals surface area contributed by atoms with Gasteiger partial charge in [0.25, 0.3) is 0 Å². The zero-order valence-electron chi connectivity index (χ0n) is 13.1. The molecule has 0 rings (SSSR count). The summed E-state index contributed by atoms with van der Waals surface area (Å²) in [4.78, 5) is 0. The Kier molecular flexibility index (Phi) is 9.85. The summed E-state index contributed by atoms with van der Waals surface area (Å²) in [5.41, 5.74) is 1.25. The Morgan fingerprint density at radius 1 is 1.11 bits per heavy atom. The molecule has 3 nitrogen and oxygen atoms in total. The molecule has 3 N–H and O–H groups in total. The van der Waals surface area contributed by atoms with E-state index < -0.39 is 0 Å². The summed E-state index contributed by atoms with van der Waals surface area (Å²) < 4.78 is 0. The first-order valence-corrected chi connectivity index (χ1v) is 7.39. The smallest absolute Gasteiger partial charge is 0.0486 e. The average Bonchev–Trinajstić information content (AvgIpc) is 2.39. The van der Waals surface area contributed by atoms with Crippen molar-refractivity contribution in [3.63, 3.8) is 0 Å². The first-order chi connectivity index (χ1) is 8.60. The van der Waals surface area contributed by atoms with Crippen LogP contribution in [0.15, 0.2) is 11.9 Å². The minimum atomic E-state index is 0.423. The largest absolute Gasteiger partial charge is 0.393 e. The van der Waals surface area contributed by atoms with Gasteiger partial charge in [-0.25, -0.2) is 0 Å². The second-order valence-corrected chi connectivity index (χ2v) is 5.24. The van der Waals surface area contributed by atoms with Gasteiger partial charge in [-0.1, -0.05) is 34.1 Å². The fraction of sp³-hybridized carbons (Fsp3) is 0.867. The topological polar surface area (TPSA) is 36.1 Å². The van der Waals surface area contributed by atoms with Crippen LogP contribution >= 0.6 is 0 Å². The first kappa shape index (κ1) is 17.3. The molecule has 0 aliphatic heterocycles. The Morgan fingerprint density at radius 3 is 2.22 bits per heavy atom. The zero-order chi connectivity index (χ0) is 14.0. The van der Waals surface area contributed by atoms with Gasteiger partial charge in [0, 0.05) is 32.0 Å². The maximum atomic E-state index is 3.64. The quantitative estimate of drug-likeness (QED) is 0.562. The summed E-state index contributed by atoms with van der Waals surface area (Å²) in [6.45, 7) is 10.3.